The Balaban J connectivity index is 1.16. The van der Waals surface area contributed by atoms with Gasteiger partial charge in [-0.2, -0.15) is 0 Å². The number of anilines is 1. The van der Waals surface area contributed by atoms with E-state index in [0.29, 0.717) is 58.2 Å². The number of halogens is 1. The fraction of sp³-hybridized carbons (Fsp3) is 0.417. The van der Waals surface area contributed by atoms with Gasteiger partial charge < -0.3 is 30.1 Å². The molecule has 3 aromatic heterocycles. The summed E-state index contributed by atoms with van der Waals surface area (Å²) in [6.07, 6.45) is 2.64. The Hall–Kier alpha value is -3.05. The first-order valence-corrected chi connectivity index (χ1v) is 11.9. The highest BCUT2D eigenvalue weighted by molar-refractivity contribution is 6.32. The van der Waals surface area contributed by atoms with E-state index in [9.17, 15) is 9.90 Å². The Morgan fingerprint density at radius 3 is 2.91 bits per heavy atom. The first kappa shape index (κ1) is 23.7. The number of hydrogen-bond donors (Lipinski definition) is 3. The van der Waals surface area contributed by atoms with Gasteiger partial charge in [0, 0.05) is 37.0 Å². The van der Waals surface area contributed by atoms with Crippen LogP contribution < -0.4 is 20.1 Å². The highest BCUT2D eigenvalue weighted by Crippen LogP contribution is 2.31. The number of pyridine rings is 3. The van der Waals surface area contributed by atoms with Crippen molar-refractivity contribution in [2.75, 3.05) is 38.7 Å². The van der Waals surface area contributed by atoms with Gasteiger partial charge in [0.05, 0.1) is 29.4 Å². The Morgan fingerprint density at radius 2 is 2.11 bits per heavy atom. The lowest BCUT2D eigenvalue weighted by Gasteiger charge is -2.33. The average Bonchev–Trinajstić information content (AvgIpc) is 2.87. The molecule has 3 aromatic rings. The lowest BCUT2D eigenvalue weighted by Crippen LogP contribution is -2.43. The van der Waals surface area contributed by atoms with Crippen LogP contribution in [0.4, 0.5) is 5.82 Å². The molecule has 2 aliphatic heterocycles. The SMILES string of the molecule is COc1ccc2ncc(Cl)c(C(O)CN3CCC(NCc4ccc5c(n4)NC(=O)CO5)CC3)c2n1. The van der Waals surface area contributed by atoms with Crippen LogP contribution in [0.15, 0.2) is 30.5 Å². The van der Waals surface area contributed by atoms with Crippen molar-refractivity contribution >= 4 is 34.4 Å². The van der Waals surface area contributed by atoms with Gasteiger partial charge in [0.2, 0.25) is 5.88 Å². The number of nitrogens with zero attached hydrogens (tertiary/aromatic N) is 4. The maximum absolute atomic E-state index is 11.5. The number of hydrogen-bond acceptors (Lipinski definition) is 9. The molecule has 1 saturated heterocycles. The quantitative estimate of drug-likeness (QED) is 0.450. The number of piperidine rings is 1. The van der Waals surface area contributed by atoms with E-state index in [1.807, 2.05) is 18.2 Å². The second kappa shape index (κ2) is 10.3. The average molecular weight is 499 g/mol. The molecule has 0 aromatic carbocycles. The molecule has 2 aliphatic rings. The third-order valence-corrected chi connectivity index (χ3v) is 6.64. The van der Waals surface area contributed by atoms with Crippen molar-refractivity contribution in [2.45, 2.75) is 31.5 Å². The number of fused-ring (bicyclic) bond motifs is 2. The number of carbonyl (C=O) groups excluding carboxylic acids is 1. The molecule has 0 aliphatic carbocycles. The molecular weight excluding hydrogens is 472 g/mol. The number of methoxy groups -OCH3 is 1. The maximum Gasteiger partial charge on any atom is 0.263 e. The van der Waals surface area contributed by atoms with Gasteiger partial charge in [-0.15, -0.1) is 0 Å². The van der Waals surface area contributed by atoms with E-state index in [4.69, 9.17) is 21.1 Å². The standard InChI is InChI=1S/C24H27ClN6O4/c1-34-21-5-3-17-23(30-21)22(16(25)11-27-17)18(32)12-31-8-6-14(7-9-31)26-10-15-2-4-19-24(28-15)29-20(33)13-35-19/h2-5,11,14,18,26,32H,6-10,12-13H2,1H3,(H,28,29,33). The van der Waals surface area contributed by atoms with Crippen LogP contribution in [-0.2, 0) is 11.3 Å². The van der Waals surface area contributed by atoms with Crippen LogP contribution in [0.25, 0.3) is 11.0 Å². The molecule has 5 rings (SSSR count). The number of likely N-dealkylation sites (tertiary alicyclic amines) is 1. The first-order chi connectivity index (χ1) is 17.0. The van der Waals surface area contributed by atoms with Crippen LogP contribution in [0.3, 0.4) is 0 Å². The molecule has 1 atom stereocenters. The van der Waals surface area contributed by atoms with Crippen LogP contribution >= 0.6 is 11.6 Å². The fourth-order valence-corrected chi connectivity index (χ4v) is 4.75. The summed E-state index contributed by atoms with van der Waals surface area (Å²) in [5.41, 5.74) is 2.63. The van der Waals surface area contributed by atoms with Gasteiger partial charge in [0.1, 0.15) is 5.52 Å². The number of aliphatic hydroxyl groups excluding tert-OH is 1. The zero-order valence-corrected chi connectivity index (χ0v) is 20.1. The minimum Gasteiger partial charge on any atom is -0.481 e. The fourth-order valence-electron chi connectivity index (χ4n) is 4.48. The molecule has 184 valence electrons. The Morgan fingerprint density at radius 1 is 1.29 bits per heavy atom. The Kier molecular flexibility index (Phi) is 6.96. The van der Waals surface area contributed by atoms with E-state index in [1.54, 1.807) is 19.4 Å². The number of rotatable bonds is 7. The van der Waals surface area contributed by atoms with Gasteiger partial charge in [-0.25, -0.2) is 9.97 Å². The van der Waals surface area contributed by atoms with Crippen molar-refractivity contribution < 1.29 is 19.4 Å². The number of ether oxygens (including phenoxy) is 2. The topological polar surface area (TPSA) is 122 Å². The molecule has 0 radical (unpaired) electrons. The predicted molar refractivity (Wildman–Crippen MR) is 131 cm³/mol. The van der Waals surface area contributed by atoms with Crippen molar-refractivity contribution in [1.82, 2.24) is 25.2 Å². The van der Waals surface area contributed by atoms with Gasteiger partial charge in [-0.1, -0.05) is 11.6 Å². The summed E-state index contributed by atoms with van der Waals surface area (Å²) in [7, 11) is 1.55. The van der Waals surface area contributed by atoms with E-state index in [1.165, 1.54) is 0 Å². The van der Waals surface area contributed by atoms with E-state index >= 15 is 0 Å². The van der Waals surface area contributed by atoms with Crippen LogP contribution in [0.1, 0.15) is 30.2 Å². The zero-order valence-electron chi connectivity index (χ0n) is 19.3. The number of carbonyl (C=O) groups is 1. The molecular formula is C24H27ClN6O4. The highest BCUT2D eigenvalue weighted by atomic mass is 35.5. The van der Waals surface area contributed by atoms with Crippen molar-refractivity contribution in [3.63, 3.8) is 0 Å². The molecule has 0 spiro atoms. The second-order valence-corrected chi connectivity index (χ2v) is 9.11. The zero-order chi connectivity index (χ0) is 24.4. The maximum atomic E-state index is 11.5. The summed E-state index contributed by atoms with van der Waals surface area (Å²) in [4.78, 5) is 27.0. The summed E-state index contributed by atoms with van der Waals surface area (Å²) in [5.74, 6) is 1.32. The number of β-amino-alcohol motifs (C(OH)–C–C–N with tert-alkyl or cyclic N) is 1. The predicted octanol–water partition coefficient (Wildman–Crippen LogP) is 2.31. The van der Waals surface area contributed by atoms with Crippen molar-refractivity contribution in [3.8, 4) is 11.6 Å². The Bertz CT molecular complexity index is 1230. The van der Waals surface area contributed by atoms with E-state index < -0.39 is 6.10 Å². The highest BCUT2D eigenvalue weighted by Gasteiger charge is 2.25. The normalized spacial score (nSPS) is 17.5. The summed E-state index contributed by atoms with van der Waals surface area (Å²) < 4.78 is 10.6. The summed E-state index contributed by atoms with van der Waals surface area (Å²) in [5, 5.41) is 17.7. The number of aliphatic hydroxyl groups is 1. The molecule has 1 amide bonds. The van der Waals surface area contributed by atoms with Gasteiger partial charge in [0.25, 0.3) is 5.91 Å². The van der Waals surface area contributed by atoms with Crippen molar-refractivity contribution in [3.05, 3.63) is 46.7 Å². The van der Waals surface area contributed by atoms with E-state index in [0.717, 1.165) is 31.6 Å². The van der Waals surface area contributed by atoms with Gasteiger partial charge in [-0.05, 0) is 44.1 Å². The summed E-state index contributed by atoms with van der Waals surface area (Å²) in [6, 6.07) is 7.62. The van der Waals surface area contributed by atoms with Gasteiger partial charge in [0.15, 0.2) is 18.2 Å². The lowest BCUT2D eigenvalue weighted by atomic mass is 10.0. The number of amides is 1. The van der Waals surface area contributed by atoms with Gasteiger partial charge >= 0.3 is 0 Å². The van der Waals surface area contributed by atoms with E-state index in [2.05, 4.69) is 30.5 Å². The monoisotopic (exact) mass is 498 g/mol. The molecule has 1 fully saturated rings. The molecule has 35 heavy (non-hydrogen) atoms. The lowest BCUT2D eigenvalue weighted by molar-refractivity contribution is -0.118. The van der Waals surface area contributed by atoms with Gasteiger partial charge in [-0.3, -0.25) is 9.78 Å². The molecule has 1 unspecified atom stereocenters. The number of aromatic nitrogens is 3. The molecule has 0 saturated carbocycles. The molecule has 3 N–H and O–H groups in total. The molecule has 0 bridgehead atoms. The van der Waals surface area contributed by atoms with Crippen molar-refractivity contribution in [1.29, 1.82) is 0 Å². The van der Waals surface area contributed by atoms with Crippen LogP contribution in [0, 0.1) is 0 Å². The van der Waals surface area contributed by atoms with Crippen molar-refractivity contribution in [2.24, 2.45) is 0 Å². The number of nitrogens with one attached hydrogen (secondary N) is 2. The molecule has 5 heterocycles. The van der Waals surface area contributed by atoms with E-state index in [-0.39, 0.29) is 12.5 Å². The third kappa shape index (κ3) is 5.30. The largest absolute Gasteiger partial charge is 0.481 e. The summed E-state index contributed by atoms with van der Waals surface area (Å²) in [6.45, 7) is 2.76. The minimum atomic E-state index is -0.797. The van der Waals surface area contributed by atoms with Crippen LogP contribution in [0.2, 0.25) is 5.02 Å². The molecule has 11 heteroatoms. The summed E-state index contributed by atoms with van der Waals surface area (Å²) >= 11 is 6.42. The first-order valence-electron chi connectivity index (χ1n) is 11.6. The second-order valence-electron chi connectivity index (χ2n) is 8.70. The molecule has 10 nitrogen and oxygen atoms in total. The minimum absolute atomic E-state index is 0.0217. The third-order valence-electron chi connectivity index (χ3n) is 6.34. The Labute approximate surface area is 207 Å². The van der Waals surface area contributed by atoms with Crippen LogP contribution in [0.5, 0.6) is 11.6 Å². The smallest absolute Gasteiger partial charge is 0.263 e. The van der Waals surface area contributed by atoms with Crippen LogP contribution in [-0.4, -0.2) is 70.3 Å².